The molecule has 0 heterocycles. The van der Waals surface area contributed by atoms with E-state index in [1.807, 2.05) is 0 Å². The Kier molecular flexibility index (Phi) is 52.2. The predicted molar refractivity (Wildman–Crippen MR) is 129 cm³/mol. The van der Waals surface area contributed by atoms with E-state index in [2.05, 4.69) is 141 Å². The molecule has 0 saturated heterocycles. The molecule has 0 aromatic carbocycles. The third kappa shape index (κ3) is 122000. The summed E-state index contributed by atoms with van der Waals surface area (Å²) in [7, 11) is 42.5. The Morgan fingerprint density at radius 3 is 0.167 bits per heavy atom. The fourth-order valence-corrected chi connectivity index (χ4v) is 0. The Balaban J connectivity index is -0.0000000200. The van der Waals surface area contributed by atoms with Gasteiger partial charge in [0.15, 0.2) is 0 Å². The molecule has 0 aliphatic heterocycles. The summed E-state index contributed by atoms with van der Waals surface area (Å²) in [5.41, 5.74) is 0. The lowest BCUT2D eigenvalue weighted by Gasteiger charge is -2.14. The van der Waals surface area contributed by atoms with Gasteiger partial charge in [0.25, 0.3) is 0 Å². The first-order chi connectivity index (χ1) is 10.0. The molecule has 10 nitrogen and oxygen atoms in total. The zero-order chi connectivity index (χ0) is 22.5. The Labute approximate surface area is 191 Å². The van der Waals surface area contributed by atoms with E-state index in [0.29, 0.717) is 0 Å². The van der Waals surface area contributed by atoms with Gasteiger partial charge >= 0.3 is 0 Å². The molecule has 0 saturated carbocycles. The minimum absolute atomic E-state index is 0. The van der Waals surface area contributed by atoms with Crippen molar-refractivity contribution in [3.63, 3.8) is 0 Å². The summed E-state index contributed by atoms with van der Waals surface area (Å²) in [5, 5.41) is 0. The molecule has 5 N–H and O–H groups in total. The first kappa shape index (κ1) is 63.0. The normalized spacial score (nSPS) is 10.0. The van der Waals surface area contributed by atoms with Crippen LogP contribution in [0, 0.1) is 0 Å². The molecular formula is C20H65N5O5. The topological polar surface area (TPSA) is 150 Å². The van der Waals surface area contributed by atoms with E-state index in [-0.39, 0.29) is 27.4 Å². The van der Waals surface area contributed by atoms with Gasteiger partial charge in [-0.2, -0.15) is 0 Å². The SMILES string of the molecule is C[N+](C)(C)C.C[N+](C)(C)C.C[N+](C)(C)C.C[N+](C)(C)C.C[N+](C)(C)C.[OH-].[OH-].[OH-].[OH-].[OH-]. The minimum Gasteiger partial charge on any atom is -0.870 e. The highest BCUT2D eigenvalue weighted by atomic mass is 16.0. The summed E-state index contributed by atoms with van der Waals surface area (Å²) in [6, 6.07) is 0. The monoisotopic (exact) mass is 455 g/mol. The number of hydrogen-bond acceptors (Lipinski definition) is 5. The van der Waals surface area contributed by atoms with Crippen molar-refractivity contribution in [3.8, 4) is 0 Å². The second-order valence-electron chi connectivity index (χ2n) is 13.4. The van der Waals surface area contributed by atoms with Crippen LogP contribution in [-0.4, -0.2) is 191 Å². The van der Waals surface area contributed by atoms with E-state index < -0.39 is 0 Å². The van der Waals surface area contributed by atoms with Crippen LogP contribution in [0.15, 0.2) is 0 Å². The van der Waals surface area contributed by atoms with Crippen LogP contribution in [0.2, 0.25) is 0 Å². The van der Waals surface area contributed by atoms with E-state index >= 15 is 0 Å². The van der Waals surface area contributed by atoms with Crippen LogP contribution in [0.4, 0.5) is 0 Å². The first-order valence-corrected chi connectivity index (χ1v) is 8.94. The maximum Gasteiger partial charge on any atom is 0.0675 e. The van der Waals surface area contributed by atoms with Crippen molar-refractivity contribution in [3.05, 3.63) is 0 Å². The standard InChI is InChI=1S/5C4H12N.5H2O/c5*1-5(2,3)4;;;;;/h5*1-4H3;5*1H2/q5*+1;;;;;/p-5. The largest absolute Gasteiger partial charge is 0.870 e. The molecule has 0 amide bonds. The predicted octanol–water partition coefficient (Wildman–Crippen LogP) is 0.728. The van der Waals surface area contributed by atoms with Gasteiger partial charge in [0.2, 0.25) is 0 Å². The van der Waals surface area contributed by atoms with Crippen molar-refractivity contribution in [1.82, 2.24) is 0 Å². The molecule has 0 radical (unpaired) electrons. The van der Waals surface area contributed by atoms with Crippen LogP contribution < -0.4 is 0 Å². The van der Waals surface area contributed by atoms with Crippen molar-refractivity contribution in [2.45, 2.75) is 0 Å². The molecule has 0 unspecified atom stereocenters. The number of hydrogen-bond donors (Lipinski definition) is 0. The van der Waals surface area contributed by atoms with Gasteiger partial charge in [0, 0.05) is 0 Å². The number of rotatable bonds is 0. The maximum atomic E-state index is 2.12. The average Bonchev–Trinajstić information content (AvgIpc) is 1.79. The molecular weight excluding hydrogens is 390 g/mol. The van der Waals surface area contributed by atoms with Gasteiger partial charge in [0.1, 0.15) is 0 Å². The van der Waals surface area contributed by atoms with E-state index in [1.165, 1.54) is 0 Å². The van der Waals surface area contributed by atoms with Crippen LogP contribution >= 0.6 is 0 Å². The molecule has 0 aromatic rings. The smallest absolute Gasteiger partial charge is 0.0675 e. The van der Waals surface area contributed by atoms with Crippen molar-refractivity contribution in [1.29, 1.82) is 0 Å². The van der Waals surface area contributed by atoms with E-state index in [0.717, 1.165) is 22.4 Å². The first-order valence-electron chi connectivity index (χ1n) is 8.94. The van der Waals surface area contributed by atoms with E-state index in [4.69, 9.17) is 0 Å². The summed E-state index contributed by atoms with van der Waals surface area (Å²) >= 11 is 0. The molecule has 0 atom stereocenters. The van der Waals surface area contributed by atoms with Crippen molar-refractivity contribution < 1.29 is 49.8 Å². The summed E-state index contributed by atoms with van der Waals surface area (Å²) in [6.45, 7) is 0. The third-order valence-electron chi connectivity index (χ3n) is 0. The Hall–Kier alpha value is -0.400. The highest BCUT2D eigenvalue weighted by Gasteiger charge is 1.90. The second-order valence-corrected chi connectivity index (χ2v) is 13.4. The van der Waals surface area contributed by atoms with Crippen LogP contribution in [0.1, 0.15) is 0 Å². The lowest BCUT2D eigenvalue weighted by atomic mass is 10.8. The lowest BCUT2D eigenvalue weighted by Crippen LogP contribution is -2.27. The van der Waals surface area contributed by atoms with Gasteiger partial charge in [-0.15, -0.1) is 0 Å². The lowest BCUT2D eigenvalue weighted by molar-refractivity contribution is -0.849. The molecule has 0 spiro atoms. The van der Waals surface area contributed by atoms with Gasteiger partial charge in [0.05, 0.1) is 141 Å². The Morgan fingerprint density at radius 2 is 0.167 bits per heavy atom. The highest BCUT2D eigenvalue weighted by molar-refractivity contribution is 3.89. The van der Waals surface area contributed by atoms with Gasteiger partial charge in [-0.1, -0.05) is 0 Å². The van der Waals surface area contributed by atoms with E-state index in [9.17, 15) is 0 Å². The molecule has 0 aliphatic rings. The molecule has 30 heavy (non-hydrogen) atoms. The molecule has 0 aromatic heterocycles. The van der Waals surface area contributed by atoms with Crippen molar-refractivity contribution >= 4 is 0 Å². The Morgan fingerprint density at radius 1 is 0.167 bits per heavy atom. The van der Waals surface area contributed by atoms with Crippen molar-refractivity contribution in [2.75, 3.05) is 141 Å². The van der Waals surface area contributed by atoms with Gasteiger partial charge in [-0.25, -0.2) is 0 Å². The summed E-state index contributed by atoms with van der Waals surface area (Å²) in [6.07, 6.45) is 0. The molecule has 0 rings (SSSR count). The minimum atomic E-state index is 0. The zero-order valence-electron chi connectivity index (χ0n) is 24.5. The third-order valence-corrected chi connectivity index (χ3v) is 0. The fourth-order valence-electron chi connectivity index (χ4n) is 0. The van der Waals surface area contributed by atoms with Crippen LogP contribution in [0.25, 0.3) is 0 Å². The van der Waals surface area contributed by atoms with Gasteiger partial charge in [-0.3, -0.25) is 0 Å². The summed E-state index contributed by atoms with van der Waals surface area (Å²) < 4.78 is 5.00. The van der Waals surface area contributed by atoms with Gasteiger partial charge < -0.3 is 49.8 Å². The molecule has 0 aliphatic carbocycles. The molecule has 200 valence electrons. The van der Waals surface area contributed by atoms with Crippen molar-refractivity contribution in [2.24, 2.45) is 0 Å². The second kappa shape index (κ2) is 24.9. The van der Waals surface area contributed by atoms with Gasteiger partial charge in [-0.05, 0) is 0 Å². The van der Waals surface area contributed by atoms with Crippen LogP contribution in [-0.2, 0) is 0 Å². The molecule has 0 fully saturated rings. The quantitative estimate of drug-likeness (QED) is 0.493. The average molecular weight is 456 g/mol. The fraction of sp³-hybridized carbons (Fsp3) is 1.00. The highest BCUT2D eigenvalue weighted by Crippen LogP contribution is 1.75. The van der Waals surface area contributed by atoms with Crippen LogP contribution in [0.5, 0.6) is 0 Å². The molecule has 0 bridgehead atoms. The summed E-state index contributed by atoms with van der Waals surface area (Å²) in [5.74, 6) is 0. The Bertz CT molecular complexity index is 185. The number of quaternary nitrogens is 5. The maximum absolute atomic E-state index is 2.12. The van der Waals surface area contributed by atoms with Crippen LogP contribution in [0.3, 0.4) is 0 Å². The molecule has 10 heteroatoms. The zero-order valence-corrected chi connectivity index (χ0v) is 24.5. The van der Waals surface area contributed by atoms with E-state index in [1.54, 1.807) is 0 Å². The number of nitrogens with zero attached hydrogens (tertiary/aromatic N) is 5. The summed E-state index contributed by atoms with van der Waals surface area (Å²) in [4.78, 5) is 0.